The van der Waals surface area contributed by atoms with Crippen molar-refractivity contribution in [3.63, 3.8) is 0 Å². The van der Waals surface area contributed by atoms with Gasteiger partial charge in [0.05, 0.1) is 0 Å². The third-order valence-electron chi connectivity index (χ3n) is 0.671. The highest BCUT2D eigenvalue weighted by atomic mass is 32.2. The van der Waals surface area contributed by atoms with Gasteiger partial charge in [-0.3, -0.25) is 0 Å². The summed E-state index contributed by atoms with van der Waals surface area (Å²) < 4.78 is 68.2. The van der Waals surface area contributed by atoms with E-state index in [4.69, 9.17) is 0 Å². The standard InChI is InChI=1S/C6H4F6S/c7-5(8,9)1-3-13-4-2-6(10,11)12/h1-4H. The normalized spacial score (nSPS) is 14.6. The Kier molecular flexibility index (Phi) is 4.38. The van der Waals surface area contributed by atoms with Gasteiger partial charge in [-0.2, -0.15) is 26.3 Å². The highest BCUT2D eigenvalue weighted by Crippen LogP contribution is 2.21. The molecule has 0 aliphatic heterocycles. The first-order valence-corrected chi connectivity index (χ1v) is 3.79. The lowest BCUT2D eigenvalue weighted by Gasteiger charge is -1.96. The van der Waals surface area contributed by atoms with Crippen LogP contribution < -0.4 is 0 Å². The summed E-state index contributed by atoms with van der Waals surface area (Å²) in [5.74, 6) is 0. The Hall–Kier alpha value is -0.590. The highest BCUT2D eigenvalue weighted by Gasteiger charge is 2.22. The average Bonchev–Trinajstić information content (AvgIpc) is 1.81. The van der Waals surface area contributed by atoms with Crippen LogP contribution in [0.5, 0.6) is 0 Å². The van der Waals surface area contributed by atoms with Crippen LogP contribution in [0.3, 0.4) is 0 Å². The monoisotopic (exact) mass is 222 g/mol. The van der Waals surface area contributed by atoms with Crippen molar-refractivity contribution in [2.24, 2.45) is 0 Å². The number of halogens is 6. The number of alkyl halides is 6. The van der Waals surface area contributed by atoms with Gasteiger partial charge in [-0.1, -0.05) is 0 Å². The minimum absolute atomic E-state index is 0.140. The maximum atomic E-state index is 11.4. The molecule has 0 spiro atoms. The molecule has 0 saturated heterocycles. The van der Waals surface area contributed by atoms with Crippen molar-refractivity contribution in [3.8, 4) is 0 Å². The van der Waals surface area contributed by atoms with E-state index < -0.39 is 12.4 Å². The van der Waals surface area contributed by atoms with Gasteiger partial charge in [-0.25, -0.2) is 0 Å². The highest BCUT2D eigenvalue weighted by molar-refractivity contribution is 8.04. The van der Waals surface area contributed by atoms with Crippen LogP contribution in [0.15, 0.2) is 23.0 Å². The Morgan fingerprint density at radius 1 is 0.692 bits per heavy atom. The maximum absolute atomic E-state index is 11.4. The van der Waals surface area contributed by atoms with Crippen molar-refractivity contribution in [1.29, 1.82) is 0 Å². The zero-order valence-corrected chi connectivity index (χ0v) is 6.80. The molecule has 0 nitrogen and oxygen atoms in total. The fourth-order valence-corrected chi connectivity index (χ4v) is 0.835. The van der Waals surface area contributed by atoms with Crippen LogP contribution in [-0.2, 0) is 0 Å². The van der Waals surface area contributed by atoms with Crippen LogP contribution in [0.2, 0.25) is 0 Å². The van der Waals surface area contributed by atoms with Gasteiger partial charge in [0.25, 0.3) is 0 Å². The third kappa shape index (κ3) is 11.4. The van der Waals surface area contributed by atoms with Gasteiger partial charge in [-0.15, -0.1) is 11.8 Å². The molecule has 0 radical (unpaired) electrons. The molecular formula is C6H4F6S. The molecule has 0 rings (SSSR count). The van der Waals surface area contributed by atoms with Gasteiger partial charge in [0, 0.05) is 12.2 Å². The number of rotatable bonds is 2. The van der Waals surface area contributed by atoms with Gasteiger partial charge in [0.15, 0.2) is 0 Å². The molecule has 0 saturated carbocycles. The summed E-state index contributed by atoms with van der Waals surface area (Å²) in [4.78, 5) is 0. The summed E-state index contributed by atoms with van der Waals surface area (Å²) in [6.45, 7) is 0. The summed E-state index contributed by atoms with van der Waals surface area (Å²) in [5.41, 5.74) is 0. The van der Waals surface area contributed by atoms with E-state index in [0.29, 0.717) is 22.6 Å². The van der Waals surface area contributed by atoms with E-state index in [1.807, 2.05) is 0 Å². The van der Waals surface area contributed by atoms with E-state index in [-0.39, 0.29) is 12.2 Å². The lowest BCUT2D eigenvalue weighted by Crippen LogP contribution is -2.00. The molecular weight excluding hydrogens is 218 g/mol. The molecule has 7 heteroatoms. The summed E-state index contributed by atoms with van der Waals surface area (Å²) in [6, 6.07) is 0. The Morgan fingerprint density at radius 3 is 1.23 bits per heavy atom. The van der Waals surface area contributed by atoms with Crippen LogP contribution in [0, 0.1) is 0 Å². The first-order valence-electron chi connectivity index (χ1n) is 2.85. The first-order chi connectivity index (χ1) is 5.71. The van der Waals surface area contributed by atoms with E-state index in [9.17, 15) is 26.3 Å². The van der Waals surface area contributed by atoms with E-state index >= 15 is 0 Å². The van der Waals surface area contributed by atoms with Gasteiger partial charge in [0.2, 0.25) is 0 Å². The lowest BCUT2D eigenvalue weighted by molar-refractivity contribution is -0.0804. The molecule has 13 heavy (non-hydrogen) atoms. The Morgan fingerprint density at radius 2 is 1.00 bits per heavy atom. The second-order valence-electron chi connectivity index (χ2n) is 1.82. The SMILES string of the molecule is FC(F)(F)C=CSC=CC(F)(F)F. The molecule has 0 unspecified atom stereocenters. The Balaban J connectivity index is 3.81. The molecule has 0 bridgehead atoms. The zero-order valence-electron chi connectivity index (χ0n) is 5.99. The van der Waals surface area contributed by atoms with Crippen molar-refractivity contribution >= 4 is 11.8 Å². The van der Waals surface area contributed by atoms with E-state index in [2.05, 4.69) is 0 Å². The van der Waals surface area contributed by atoms with Crippen LogP contribution in [-0.4, -0.2) is 12.4 Å². The van der Waals surface area contributed by atoms with Gasteiger partial charge < -0.3 is 0 Å². The Bertz CT molecular complexity index is 176. The van der Waals surface area contributed by atoms with Crippen LogP contribution in [0.25, 0.3) is 0 Å². The van der Waals surface area contributed by atoms with Crippen LogP contribution >= 0.6 is 11.8 Å². The topological polar surface area (TPSA) is 0 Å². The Labute approximate surface area is 74.3 Å². The molecule has 0 aliphatic carbocycles. The molecule has 0 fully saturated rings. The molecule has 0 atom stereocenters. The largest absolute Gasteiger partial charge is 0.410 e. The van der Waals surface area contributed by atoms with E-state index in [0.717, 1.165) is 0 Å². The van der Waals surface area contributed by atoms with Crippen molar-refractivity contribution in [3.05, 3.63) is 23.0 Å². The number of allylic oxidation sites excluding steroid dienone is 2. The molecule has 76 valence electrons. The maximum Gasteiger partial charge on any atom is 0.410 e. The second kappa shape index (κ2) is 4.59. The first kappa shape index (κ1) is 12.4. The predicted molar refractivity (Wildman–Crippen MR) is 38.0 cm³/mol. The zero-order chi connectivity index (χ0) is 10.5. The van der Waals surface area contributed by atoms with Crippen molar-refractivity contribution in [2.45, 2.75) is 12.4 Å². The molecule has 0 amide bonds. The molecule has 0 heterocycles. The summed E-state index contributed by atoms with van der Waals surface area (Å²) in [7, 11) is 0. The van der Waals surface area contributed by atoms with Crippen molar-refractivity contribution in [1.82, 2.24) is 0 Å². The summed E-state index contributed by atoms with van der Waals surface area (Å²) >= 11 is 0.306. The molecule has 0 aromatic heterocycles. The summed E-state index contributed by atoms with van der Waals surface area (Å²) in [6.07, 6.45) is -9.26. The number of hydrogen-bond donors (Lipinski definition) is 0. The molecule has 0 N–H and O–H groups in total. The van der Waals surface area contributed by atoms with Crippen molar-refractivity contribution in [2.75, 3.05) is 0 Å². The van der Waals surface area contributed by atoms with Crippen LogP contribution in [0.1, 0.15) is 0 Å². The van der Waals surface area contributed by atoms with E-state index in [1.54, 1.807) is 0 Å². The summed E-state index contributed by atoms with van der Waals surface area (Å²) in [5, 5.41) is 1.06. The molecule has 0 aromatic carbocycles. The minimum atomic E-state index is -4.49. The van der Waals surface area contributed by atoms with Crippen LogP contribution in [0.4, 0.5) is 26.3 Å². The second-order valence-corrected chi connectivity index (χ2v) is 2.64. The smallest absolute Gasteiger partial charge is 0.167 e. The molecule has 0 aliphatic rings. The van der Waals surface area contributed by atoms with Gasteiger partial charge in [-0.05, 0) is 10.8 Å². The fourth-order valence-electron chi connectivity index (χ4n) is 0.278. The quantitative estimate of drug-likeness (QED) is 0.639. The van der Waals surface area contributed by atoms with Crippen molar-refractivity contribution < 1.29 is 26.3 Å². The third-order valence-corrected chi connectivity index (χ3v) is 1.26. The molecule has 0 aromatic rings. The van der Waals surface area contributed by atoms with Gasteiger partial charge in [0.1, 0.15) is 0 Å². The van der Waals surface area contributed by atoms with Gasteiger partial charge >= 0.3 is 12.4 Å². The average molecular weight is 222 g/mol. The number of hydrogen-bond acceptors (Lipinski definition) is 1. The number of thioether (sulfide) groups is 1. The lowest BCUT2D eigenvalue weighted by atomic mass is 10.6. The predicted octanol–water partition coefficient (Wildman–Crippen LogP) is 3.87. The van der Waals surface area contributed by atoms with E-state index in [1.165, 1.54) is 0 Å². The fraction of sp³-hybridized carbons (Fsp3) is 0.333. The minimum Gasteiger partial charge on any atom is -0.167 e.